The van der Waals surface area contributed by atoms with E-state index in [0.717, 1.165) is 30.9 Å². The summed E-state index contributed by atoms with van der Waals surface area (Å²) < 4.78 is 1.83. The first-order chi connectivity index (χ1) is 10.3. The second kappa shape index (κ2) is 6.35. The van der Waals surface area contributed by atoms with Crippen molar-refractivity contribution in [2.45, 2.75) is 32.7 Å². The predicted octanol–water partition coefficient (Wildman–Crippen LogP) is 3.06. The van der Waals surface area contributed by atoms with Gasteiger partial charge >= 0.3 is 0 Å². The molecule has 0 spiro atoms. The van der Waals surface area contributed by atoms with Crippen LogP contribution in [0.5, 0.6) is 0 Å². The highest BCUT2D eigenvalue weighted by Gasteiger charge is 2.08. The number of H-pyrrole nitrogens is 1. The smallest absolute Gasteiger partial charge is 0.216 e. The molecule has 2 heterocycles. The van der Waals surface area contributed by atoms with E-state index in [1.807, 2.05) is 29.1 Å². The third-order valence-electron chi connectivity index (χ3n) is 3.36. The maximum Gasteiger partial charge on any atom is 0.216 e. The second-order valence-electron chi connectivity index (χ2n) is 5.11. The van der Waals surface area contributed by atoms with Crippen LogP contribution in [-0.2, 0) is 13.0 Å². The number of nitrogens with one attached hydrogen (secondary N) is 1. The van der Waals surface area contributed by atoms with Gasteiger partial charge in [0.25, 0.3) is 0 Å². The second-order valence-corrected chi connectivity index (χ2v) is 5.11. The van der Waals surface area contributed by atoms with Gasteiger partial charge in [0.15, 0.2) is 5.82 Å². The van der Waals surface area contributed by atoms with Crippen molar-refractivity contribution in [1.29, 1.82) is 0 Å². The van der Waals surface area contributed by atoms with Gasteiger partial charge in [0, 0.05) is 11.9 Å². The van der Waals surface area contributed by atoms with E-state index in [1.165, 1.54) is 12.0 Å². The van der Waals surface area contributed by atoms with Gasteiger partial charge in [-0.3, -0.25) is 0 Å². The van der Waals surface area contributed by atoms with Gasteiger partial charge in [-0.15, -0.1) is 5.10 Å². The van der Waals surface area contributed by atoms with Crippen molar-refractivity contribution in [3.63, 3.8) is 0 Å². The molecule has 3 aromatic rings. The standard InChI is InChI=1S/C16H19N5/c1-2-3-9-14-10-17-15(19-14)16-18-12-21(20-16)11-13-7-5-4-6-8-13/h4-8,10,12H,2-3,9,11H2,1H3,(H,17,19). The maximum atomic E-state index is 4.48. The Balaban J connectivity index is 1.71. The molecule has 0 saturated carbocycles. The van der Waals surface area contributed by atoms with Crippen molar-refractivity contribution in [3.05, 3.63) is 54.1 Å². The minimum Gasteiger partial charge on any atom is -0.339 e. The highest BCUT2D eigenvalue weighted by Crippen LogP contribution is 2.12. The molecule has 5 heteroatoms. The van der Waals surface area contributed by atoms with Crippen LogP contribution in [0.3, 0.4) is 0 Å². The maximum absolute atomic E-state index is 4.48. The summed E-state index contributed by atoms with van der Waals surface area (Å²) in [5, 5.41) is 4.48. The Hall–Kier alpha value is -2.43. The van der Waals surface area contributed by atoms with Crippen molar-refractivity contribution >= 4 is 0 Å². The molecule has 0 aliphatic heterocycles. The molecule has 0 radical (unpaired) electrons. The molecule has 5 nitrogen and oxygen atoms in total. The lowest BCUT2D eigenvalue weighted by Crippen LogP contribution is -2.00. The van der Waals surface area contributed by atoms with Crippen molar-refractivity contribution in [2.24, 2.45) is 0 Å². The van der Waals surface area contributed by atoms with Crippen LogP contribution in [0.1, 0.15) is 31.0 Å². The van der Waals surface area contributed by atoms with Crippen LogP contribution in [0.2, 0.25) is 0 Å². The number of nitrogens with zero attached hydrogens (tertiary/aromatic N) is 4. The molecule has 0 fully saturated rings. The number of aryl methyl sites for hydroxylation is 1. The monoisotopic (exact) mass is 281 g/mol. The molecular formula is C16H19N5. The van der Waals surface area contributed by atoms with Gasteiger partial charge in [-0.1, -0.05) is 43.7 Å². The lowest BCUT2D eigenvalue weighted by Gasteiger charge is -1.99. The number of hydrogen-bond donors (Lipinski definition) is 1. The summed E-state index contributed by atoms with van der Waals surface area (Å²) >= 11 is 0. The zero-order valence-corrected chi connectivity index (χ0v) is 12.2. The van der Waals surface area contributed by atoms with Crippen LogP contribution < -0.4 is 0 Å². The lowest BCUT2D eigenvalue weighted by molar-refractivity contribution is 0.686. The molecule has 0 unspecified atom stereocenters. The first-order valence-electron chi connectivity index (χ1n) is 7.33. The average molecular weight is 281 g/mol. The SMILES string of the molecule is CCCCc1cnc(-c2ncn(Cc3ccccc3)n2)[nH]1. The molecule has 2 aromatic heterocycles. The molecule has 0 amide bonds. The number of aromatic nitrogens is 5. The van der Waals surface area contributed by atoms with Crippen molar-refractivity contribution in [3.8, 4) is 11.6 Å². The Labute approximate surface area is 124 Å². The molecule has 0 saturated heterocycles. The van der Waals surface area contributed by atoms with E-state index >= 15 is 0 Å². The normalized spacial score (nSPS) is 10.9. The van der Waals surface area contributed by atoms with E-state index in [2.05, 4.69) is 39.1 Å². The topological polar surface area (TPSA) is 59.4 Å². The van der Waals surface area contributed by atoms with Gasteiger partial charge in [0.1, 0.15) is 6.33 Å². The van der Waals surface area contributed by atoms with Gasteiger partial charge in [-0.05, 0) is 18.4 Å². The van der Waals surface area contributed by atoms with Crippen LogP contribution in [0.4, 0.5) is 0 Å². The van der Waals surface area contributed by atoms with E-state index in [9.17, 15) is 0 Å². The third-order valence-corrected chi connectivity index (χ3v) is 3.36. The molecule has 108 valence electrons. The minimum atomic E-state index is 0.647. The van der Waals surface area contributed by atoms with Crippen LogP contribution in [-0.4, -0.2) is 24.7 Å². The Morgan fingerprint density at radius 2 is 2.00 bits per heavy atom. The van der Waals surface area contributed by atoms with Gasteiger partial charge in [-0.2, -0.15) is 0 Å². The Morgan fingerprint density at radius 1 is 1.14 bits per heavy atom. The zero-order chi connectivity index (χ0) is 14.5. The van der Waals surface area contributed by atoms with Gasteiger partial charge in [0.2, 0.25) is 5.82 Å². The quantitative estimate of drug-likeness (QED) is 0.755. The van der Waals surface area contributed by atoms with E-state index in [0.29, 0.717) is 5.82 Å². The minimum absolute atomic E-state index is 0.647. The Bertz CT molecular complexity index is 684. The van der Waals surface area contributed by atoms with Crippen LogP contribution in [0.15, 0.2) is 42.9 Å². The summed E-state index contributed by atoms with van der Waals surface area (Å²) in [4.78, 5) is 12.0. The highest BCUT2D eigenvalue weighted by molar-refractivity contribution is 5.42. The third kappa shape index (κ3) is 3.37. The Kier molecular flexibility index (Phi) is 4.09. The number of rotatable bonds is 6. The summed E-state index contributed by atoms with van der Waals surface area (Å²) in [5.41, 5.74) is 2.35. The fourth-order valence-corrected chi connectivity index (χ4v) is 2.22. The number of aromatic amines is 1. The number of benzene rings is 1. The molecule has 0 aliphatic rings. The first-order valence-corrected chi connectivity index (χ1v) is 7.33. The molecule has 1 aromatic carbocycles. The van der Waals surface area contributed by atoms with E-state index in [4.69, 9.17) is 0 Å². The van der Waals surface area contributed by atoms with E-state index in [1.54, 1.807) is 6.33 Å². The predicted molar refractivity (Wildman–Crippen MR) is 81.8 cm³/mol. The summed E-state index contributed by atoms with van der Waals surface area (Å²) in [7, 11) is 0. The van der Waals surface area contributed by atoms with E-state index in [-0.39, 0.29) is 0 Å². The summed E-state index contributed by atoms with van der Waals surface area (Å²) in [5.74, 6) is 1.39. The molecule has 0 aliphatic carbocycles. The molecule has 0 atom stereocenters. The lowest BCUT2D eigenvalue weighted by atomic mass is 10.2. The molecule has 3 rings (SSSR count). The molecular weight excluding hydrogens is 262 g/mol. The summed E-state index contributed by atoms with van der Waals surface area (Å²) in [6.45, 7) is 2.90. The van der Waals surface area contributed by atoms with Gasteiger partial charge in [-0.25, -0.2) is 14.6 Å². The first kappa shape index (κ1) is 13.5. The average Bonchev–Trinajstić information content (AvgIpc) is 3.15. The fraction of sp³-hybridized carbons (Fsp3) is 0.312. The van der Waals surface area contributed by atoms with Gasteiger partial charge in [0.05, 0.1) is 6.54 Å². The van der Waals surface area contributed by atoms with Crippen LogP contribution in [0, 0.1) is 0 Å². The fourth-order valence-electron chi connectivity index (χ4n) is 2.22. The molecule has 0 bridgehead atoms. The van der Waals surface area contributed by atoms with Crippen LogP contribution >= 0.6 is 0 Å². The number of hydrogen-bond acceptors (Lipinski definition) is 3. The molecule has 1 N–H and O–H groups in total. The summed E-state index contributed by atoms with van der Waals surface area (Å²) in [6.07, 6.45) is 6.99. The molecule has 21 heavy (non-hydrogen) atoms. The van der Waals surface area contributed by atoms with E-state index < -0.39 is 0 Å². The largest absolute Gasteiger partial charge is 0.339 e. The van der Waals surface area contributed by atoms with Crippen molar-refractivity contribution < 1.29 is 0 Å². The van der Waals surface area contributed by atoms with Crippen molar-refractivity contribution in [2.75, 3.05) is 0 Å². The van der Waals surface area contributed by atoms with Crippen molar-refractivity contribution in [1.82, 2.24) is 24.7 Å². The Morgan fingerprint density at radius 3 is 2.81 bits per heavy atom. The summed E-state index contributed by atoms with van der Waals surface area (Å²) in [6, 6.07) is 10.2. The van der Waals surface area contributed by atoms with Gasteiger partial charge < -0.3 is 4.98 Å². The number of imidazole rings is 1. The highest BCUT2D eigenvalue weighted by atomic mass is 15.3. The number of unbranched alkanes of at least 4 members (excludes halogenated alkanes) is 1. The zero-order valence-electron chi connectivity index (χ0n) is 12.2. The van der Waals surface area contributed by atoms with Crippen LogP contribution in [0.25, 0.3) is 11.6 Å².